The summed E-state index contributed by atoms with van der Waals surface area (Å²) < 4.78 is 26.5. The van der Waals surface area contributed by atoms with Gasteiger partial charge in [0.1, 0.15) is 10.6 Å². The molecular formula is C20H20F2N4S. The Morgan fingerprint density at radius 3 is 2.78 bits per heavy atom. The van der Waals surface area contributed by atoms with Crippen molar-refractivity contribution in [1.82, 2.24) is 9.97 Å². The maximum atomic E-state index is 13.3. The second kappa shape index (κ2) is 6.34. The molecule has 7 heteroatoms. The molecule has 0 saturated heterocycles. The molecule has 140 valence electrons. The normalized spacial score (nSPS) is 18.1. The Morgan fingerprint density at radius 2 is 2.07 bits per heavy atom. The summed E-state index contributed by atoms with van der Waals surface area (Å²) in [5.74, 6) is -2.08. The molecule has 0 unspecified atom stereocenters. The van der Waals surface area contributed by atoms with Crippen LogP contribution in [0.25, 0.3) is 21.5 Å². The Kier molecular flexibility index (Phi) is 4.22. The Bertz CT molecular complexity index is 1030. The number of hydrogen-bond donors (Lipinski definition) is 1. The van der Waals surface area contributed by atoms with Crippen molar-refractivity contribution in [2.24, 2.45) is 10.4 Å². The van der Waals surface area contributed by atoms with Crippen molar-refractivity contribution in [1.29, 1.82) is 0 Å². The van der Waals surface area contributed by atoms with E-state index in [1.54, 1.807) is 30.8 Å². The minimum Gasteiger partial charge on any atom is -0.383 e. The molecule has 0 radical (unpaired) electrons. The highest BCUT2D eigenvalue weighted by Gasteiger charge is 2.53. The largest absolute Gasteiger partial charge is 0.383 e. The van der Waals surface area contributed by atoms with Crippen LogP contribution in [0.4, 0.5) is 14.6 Å². The first kappa shape index (κ1) is 18.0. The maximum absolute atomic E-state index is 13.3. The number of aromatic nitrogens is 2. The summed E-state index contributed by atoms with van der Waals surface area (Å²) in [6, 6.07) is 7.93. The first-order valence-electron chi connectivity index (χ1n) is 8.72. The van der Waals surface area contributed by atoms with E-state index in [1.165, 1.54) is 0 Å². The average molecular weight is 386 g/mol. The molecule has 1 saturated carbocycles. The molecule has 0 spiro atoms. The number of alkyl halides is 2. The smallest absolute Gasteiger partial charge is 0.249 e. The zero-order chi connectivity index (χ0) is 19.2. The van der Waals surface area contributed by atoms with Gasteiger partial charge >= 0.3 is 0 Å². The lowest BCUT2D eigenvalue weighted by Crippen LogP contribution is -2.45. The van der Waals surface area contributed by atoms with Gasteiger partial charge in [0.2, 0.25) is 5.92 Å². The van der Waals surface area contributed by atoms with E-state index in [-0.39, 0.29) is 18.3 Å². The van der Waals surface area contributed by atoms with E-state index >= 15 is 0 Å². The summed E-state index contributed by atoms with van der Waals surface area (Å²) in [6.07, 6.45) is 3.96. The van der Waals surface area contributed by atoms with Gasteiger partial charge in [-0.1, -0.05) is 6.92 Å². The number of nitrogens with two attached hydrogens (primary N) is 1. The van der Waals surface area contributed by atoms with Crippen LogP contribution in [0.5, 0.6) is 0 Å². The van der Waals surface area contributed by atoms with Crippen LogP contribution in [0.15, 0.2) is 35.5 Å². The van der Waals surface area contributed by atoms with Crippen LogP contribution in [0.2, 0.25) is 0 Å². The summed E-state index contributed by atoms with van der Waals surface area (Å²) in [5.41, 5.74) is 7.97. The molecule has 3 aromatic rings. The van der Waals surface area contributed by atoms with Crippen molar-refractivity contribution in [3.63, 3.8) is 0 Å². The Morgan fingerprint density at radius 1 is 1.30 bits per heavy atom. The van der Waals surface area contributed by atoms with E-state index in [9.17, 15) is 8.78 Å². The summed E-state index contributed by atoms with van der Waals surface area (Å²) in [5, 5.41) is 1.03. The van der Waals surface area contributed by atoms with Crippen LogP contribution in [-0.4, -0.2) is 29.2 Å². The SMILES string of the molecule is CN=Cc1cc(-c2ccc3cc(CC4(C)CC(F)(F)C4)sc3n2)cnc1N. The van der Waals surface area contributed by atoms with Gasteiger partial charge in [0.25, 0.3) is 0 Å². The summed E-state index contributed by atoms with van der Waals surface area (Å²) in [7, 11) is 1.68. The standard InChI is InChI=1S/C20H20F2N4S/c1-19(10-20(21,22)11-19)7-15-6-12-3-4-16(26-18(12)27-15)13-5-14(8-24-2)17(23)25-9-13/h3-6,8-9H,7,10-11H2,1-2H3,(H2,23,25). The fourth-order valence-corrected chi connectivity index (χ4v) is 5.08. The van der Waals surface area contributed by atoms with Crippen LogP contribution in [0.1, 0.15) is 30.2 Å². The molecule has 27 heavy (non-hydrogen) atoms. The van der Waals surface area contributed by atoms with E-state index in [0.29, 0.717) is 12.2 Å². The third-order valence-electron chi connectivity index (χ3n) is 4.92. The van der Waals surface area contributed by atoms with Crippen molar-refractivity contribution in [2.75, 3.05) is 12.8 Å². The lowest BCUT2D eigenvalue weighted by Gasteiger charge is -2.44. The Balaban J connectivity index is 1.63. The van der Waals surface area contributed by atoms with Crippen molar-refractivity contribution < 1.29 is 8.78 Å². The fraction of sp³-hybridized carbons (Fsp3) is 0.350. The molecule has 0 amide bonds. The van der Waals surface area contributed by atoms with E-state index < -0.39 is 5.92 Å². The lowest BCUT2D eigenvalue weighted by molar-refractivity contribution is -0.152. The number of aliphatic imine (C=N–C) groups is 1. The van der Waals surface area contributed by atoms with Crippen molar-refractivity contribution >= 4 is 33.6 Å². The number of fused-ring (bicyclic) bond motifs is 1. The van der Waals surface area contributed by atoms with Gasteiger partial charge in [0, 0.05) is 53.7 Å². The monoisotopic (exact) mass is 386 g/mol. The lowest BCUT2D eigenvalue weighted by atomic mass is 9.65. The predicted molar refractivity (Wildman–Crippen MR) is 107 cm³/mol. The fourth-order valence-electron chi connectivity index (χ4n) is 3.84. The number of rotatable bonds is 4. The van der Waals surface area contributed by atoms with E-state index in [1.807, 2.05) is 25.1 Å². The van der Waals surface area contributed by atoms with Gasteiger partial charge in [-0.2, -0.15) is 0 Å². The third kappa shape index (κ3) is 3.56. The molecule has 4 rings (SSSR count). The van der Waals surface area contributed by atoms with Crippen LogP contribution < -0.4 is 5.73 Å². The minimum absolute atomic E-state index is 0.0359. The molecule has 3 heterocycles. The second-order valence-corrected chi connectivity index (χ2v) is 8.70. The predicted octanol–water partition coefficient (Wildman–Crippen LogP) is 4.97. The zero-order valence-electron chi connectivity index (χ0n) is 15.2. The zero-order valence-corrected chi connectivity index (χ0v) is 16.0. The van der Waals surface area contributed by atoms with Gasteiger partial charge in [0.15, 0.2) is 0 Å². The third-order valence-corrected chi connectivity index (χ3v) is 5.96. The molecule has 3 aromatic heterocycles. The van der Waals surface area contributed by atoms with Crippen LogP contribution in [-0.2, 0) is 6.42 Å². The van der Waals surface area contributed by atoms with Gasteiger partial charge in [-0.3, -0.25) is 4.99 Å². The Hall–Kier alpha value is -2.41. The number of nitrogens with zero attached hydrogens (tertiary/aromatic N) is 3. The molecular weight excluding hydrogens is 366 g/mol. The molecule has 4 nitrogen and oxygen atoms in total. The van der Waals surface area contributed by atoms with Crippen LogP contribution >= 0.6 is 11.3 Å². The molecule has 0 bridgehead atoms. The van der Waals surface area contributed by atoms with Gasteiger partial charge in [-0.25, -0.2) is 18.7 Å². The van der Waals surface area contributed by atoms with Gasteiger partial charge < -0.3 is 5.73 Å². The van der Waals surface area contributed by atoms with Crippen molar-refractivity contribution in [2.45, 2.75) is 32.1 Å². The van der Waals surface area contributed by atoms with Gasteiger partial charge in [-0.15, -0.1) is 11.3 Å². The molecule has 0 atom stereocenters. The quantitative estimate of drug-likeness (QED) is 0.644. The van der Waals surface area contributed by atoms with Gasteiger partial charge in [-0.05, 0) is 36.1 Å². The highest BCUT2D eigenvalue weighted by molar-refractivity contribution is 7.18. The number of nitrogen functional groups attached to an aromatic ring is 1. The number of hydrogen-bond acceptors (Lipinski definition) is 5. The molecule has 1 aliphatic carbocycles. The Labute approximate surface area is 160 Å². The van der Waals surface area contributed by atoms with Crippen molar-refractivity contribution in [3.8, 4) is 11.3 Å². The van der Waals surface area contributed by atoms with Crippen LogP contribution in [0.3, 0.4) is 0 Å². The average Bonchev–Trinajstić information content (AvgIpc) is 2.95. The molecule has 1 fully saturated rings. The molecule has 2 N–H and O–H groups in total. The maximum Gasteiger partial charge on any atom is 0.249 e. The van der Waals surface area contributed by atoms with E-state index in [2.05, 4.69) is 16.0 Å². The van der Waals surface area contributed by atoms with E-state index in [4.69, 9.17) is 10.7 Å². The topological polar surface area (TPSA) is 64.2 Å². The first-order valence-corrected chi connectivity index (χ1v) is 9.54. The molecule has 0 aromatic carbocycles. The van der Waals surface area contributed by atoms with Gasteiger partial charge in [0.05, 0.1) is 5.69 Å². The second-order valence-electron chi connectivity index (χ2n) is 7.59. The summed E-state index contributed by atoms with van der Waals surface area (Å²) in [6.45, 7) is 1.94. The molecule has 0 aliphatic heterocycles. The highest BCUT2D eigenvalue weighted by Crippen LogP contribution is 2.53. The number of pyridine rings is 2. The van der Waals surface area contributed by atoms with Crippen molar-refractivity contribution in [3.05, 3.63) is 40.9 Å². The highest BCUT2D eigenvalue weighted by atomic mass is 32.1. The number of halogens is 2. The summed E-state index contributed by atoms with van der Waals surface area (Å²) >= 11 is 1.57. The van der Waals surface area contributed by atoms with E-state index in [0.717, 1.165) is 31.9 Å². The minimum atomic E-state index is -2.50. The first-order chi connectivity index (χ1) is 12.8. The number of anilines is 1. The number of thiophene rings is 1. The van der Waals surface area contributed by atoms with Crippen LogP contribution in [0, 0.1) is 5.41 Å². The molecule has 1 aliphatic rings. The summed E-state index contributed by atoms with van der Waals surface area (Å²) in [4.78, 5) is 15.0.